The van der Waals surface area contributed by atoms with Gasteiger partial charge >= 0.3 is 6.18 Å². The number of halogens is 3. The lowest BCUT2D eigenvalue weighted by molar-refractivity contribution is -0.137. The molecule has 2 atom stereocenters. The van der Waals surface area contributed by atoms with Gasteiger partial charge in [0.25, 0.3) is 6.47 Å². The smallest absolute Gasteiger partial charge is 0.416 e. The minimum atomic E-state index is -4.31. The van der Waals surface area contributed by atoms with Gasteiger partial charge in [0.05, 0.1) is 11.7 Å². The third-order valence-electron chi connectivity index (χ3n) is 3.50. The lowest BCUT2D eigenvalue weighted by Crippen LogP contribution is -2.31. The molecule has 1 aliphatic rings. The minimum Gasteiger partial charge on any atom is -0.465 e. The van der Waals surface area contributed by atoms with Crippen LogP contribution in [0.2, 0.25) is 0 Å². The first-order valence-corrected chi connectivity index (χ1v) is 7.51. The Hall–Kier alpha value is -1.76. The van der Waals surface area contributed by atoms with Crippen molar-refractivity contribution in [2.75, 3.05) is 5.32 Å². The van der Waals surface area contributed by atoms with Crippen molar-refractivity contribution < 1.29 is 22.7 Å². The van der Waals surface area contributed by atoms with E-state index in [1.54, 1.807) is 13.8 Å². The maximum absolute atomic E-state index is 12.6. The summed E-state index contributed by atoms with van der Waals surface area (Å²) in [5.74, 6) is 0. The number of benzene rings is 1. The molecule has 7 heteroatoms. The van der Waals surface area contributed by atoms with Gasteiger partial charge in [0.2, 0.25) is 0 Å². The Balaban J connectivity index is 0.000000379. The van der Waals surface area contributed by atoms with Gasteiger partial charge in [-0.1, -0.05) is 6.92 Å². The molecule has 4 nitrogen and oxygen atoms in total. The van der Waals surface area contributed by atoms with Gasteiger partial charge in [-0.05, 0) is 50.5 Å². The summed E-state index contributed by atoms with van der Waals surface area (Å²) >= 11 is 0. The van der Waals surface area contributed by atoms with Gasteiger partial charge in [0.15, 0.2) is 0 Å². The van der Waals surface area contributed by atoms with Crippen LogP contribution in [0.5, 0.6) is 0 Å². The standard InChI is InChI=1S/C12H15F3N2.C4H8O2/c1-2-8-6-10(16)9-5-7(12(13,14)15)3-4-11(9)17-8;1-4(2)6-3-5/h3-5,8,10,17H,2,6,16H2,1H3;3-4H,1-2H3/t8-,10+;/m1./s1. The van der Waals surface area contributed by atoms with Crippen LogP contribution in [0, 0.1) is 0 Å². The normalized spacial score (nSPS) is 20.0. The van der Waals surface area contributed by atoms with Gasteiger partial charge in [-0.3, -0.25) is 4.79 Å². The molecule has 0 aliphatic carbocycles. The van der Waals surface area contributed by atoms with E-state index >= 15 is 0 Å². The lowest BCUT2D eigenvalue weighted by Gasteiger charge is -2.31. The molecule has 2 rings (SSSR count). The highest BCUT2D eigenvalue weighted by Gasteiger charge is 2.32. The van der Waals surface area contributed by atoms with Crippen molar-refractivity contribution in [1.82, 2.24) is 0 Å². The van der Waals surface area contributed by atoms with Crippen molar-refractivity contribution in [2.24, 2.45) is 5.73 Å². The highest BCUT2D eigenvalue weighted by Crippen LogP contribution is 2.37. The first kappa shape index (κ1) is 19.3. The summed E-state index contributed by atoms with van der Waals surface area (Å²) in [7, 11) is 0. The van der Waals surface area contributed by atoms with E-state index in [0.29, 0.717) is 18.5 Å². The number of hydrogen-bond donors (Lipinski definition) is 2. The summed E-state index contributed by atoms with van der Waals surface area (Å²) in [5, 5.41) is 3.21. The summed E-state index contributed by atoms with van der Waals surface area (Å²) in [4.78, 5) is 9.39. The van der Waals surface area contributed by atoms with Crippen LogP contribution in [0.3, 0.4) is 0 Å². The summed E-state index contributed by atoms with van der Waals surface area (Å²) < 4.78 is 42.1. The maximum atomic E-state index is 12.6. The van der Waals surface area contributed by atoms with Crippen molar-refractivity contribution in [3.05, 3.63) is 29.3 Å². The number of alkyl halides is 3. The van der Waals surface area contributed by atoms with Gasteiger partial charge in [-0.25, -0.2) is 0 Å². The van der Waals surface area contributed by atoms with Gasteiger partial charge in [-0.2, -0.15) is 13.2 Å². The van der Waals surface area contributed by atoms with Crippen molar-refractivity contribution >= 4 is 12.2 Å². The van der Waals surface area contributed by atoms with Crippen LogP contribution in [-0.4, -0.2) is 18.6 Å². The molecule has 0 amide bonds. The molecule has 1 aromatic rings. The average molecular weight is 332 g/mol. The largest absolute Gasteiger partial charge is 0.465 e. The van der Waals surface area contributed by atoms with Crippen molar-refractivity contribution in [2.45, 2.75) is 58.0 Å². The zero-order chi connectivity index (χ0) is 17.6. The predicted molar refractivity (Wildman–Crippen MR) is 83.0 cm³/mol. The van der Waals surface area contributed by atoms with E-state index in [2.05, 4.69) is 10.1 Å². The molecule has 1 aliphatic heterocycles. The topological polar surface area (TPSA) is 64.3 Å². The zero-order valence-corrected chi connectivity index (χ0v) is 13.5. The van der Waals surface area contributed by atoms with E-state index in [1.165, 1.54) is 6.07 Å². The highest BCUT2D eigenvalue weighted by atomic mass is 19.4. The van der Waals surface area contributed by atoms with Gasteiger partial charge < -0.3 is 15.8 Å². The molecule has 1 heterocycles. The summed E-state index contributed by atoms with van der Waals surface area (Å²) in [6.07, 6.45) is -2.70. The third-order valence-corrected chi connectivity index (χ3v) is 3.50. The molecule has 0 aromatic heterocycles. The number of hydrogen-bond acceptors (Lipinski definition) is 4. The van der Waals surface area contributed by atoms with Crippen molar-refractivity contribution in [3.63, 3.8) is 0 Å². The highest BCUT2D eigenvalue weighted by molar-refractivity contribution is 5.57. The quantitative estimate of drug-likeness (QED) is 0.825. The van der Waals surface area contributed by atoms with Gasteiger partial charge in [0, 0.05) is 17.8 Å². The second kappa shape index (κ2) is 8.19. The molecule has 0 bridgehead atoms. The molecule has 0 unspecified atom stereocenters. The first-order chi connectivity index (χ1) is 10.7. The number of nitrogens with one attached hydrogen (secondary N) is 1. The average Bonchev–Trinajstić information content (AvgIpc) is 2.46. The third kappa shape index (κ3) is 5.74. The zero-order valence-electron chi connectivity index (χ0n) is 13.5. The fourth-order valence-electron chi connectivity index (χ4n) is 2.27. The molecule has 0 spiro atoms. The molecule has 130 valence electrons. The molecule has 0 fully saturated rings. The Labute approximate surface area is 134 Å². The van der Waals surface area contributed by atoms with Crippen LogP contribution in [0.1, 0.15) is 50.8 Å². The number of ether oxygens (including phenoxy) is 1. The SMILES string of the molecule is CC(C)OC=O.CC[C@@H]1C[C@H](N)c2cc(C(F)(F)F)ccc2N1. The first-order valence-electron chi connectivity index (χ1n) is 7.51. The predicted octanol–water partition coefficient (Wildman–Crippen LogP) is 3.87. The Kier molecular flexibility index (Phi) is 6.87. The number of anilines is 1. The fourth-order valence-corrected chi connectivity index (χ4v) is 2.27. The Morgan fingerprint density at radius 3 is 2.52 bits per heavy atom. The Bertz CT molecular complexity index is 519. The lowest BCUT2D eigenvalue weighted by atomic mass is 9.91. The van der Waals surface area contributed by atoms with Crippen molar-refractivity contribution in [3.8, 4) is 0 Å². The van der Waals surface area contributed by atoms with Crippen molar-refractivity contribution in [1.29, 1.82) is 0 Å². The maximum Gasteiger partial charge on any atom is 0.416 e. The number of rotatable bonds is 3. The van der Waals surface area contributed by atoms with E-state index < -0.39 is 11.7 Å². The van der Waals surface area contributed by atoms with Gasteiger partial charge in [-0.15, -0.1) is 0 Å². The number of carbonyl (C=O) groups excluding carboxylic acids is 1. The molecule has 0 saturated carbocycles. The van der Waals surface area contributed by atoms with Crippen LogP contribution in [-0.2, 0) is 15.7 Å². The van der Waals surface area contributed by atoms with Crippen LogP contribution < -0.4 is 11.1 Å². The van der Waals surface area contributed by atoms with Crippen LogP contribution >= 0.6 is 0 Å². The Morgan fingerprint density at radius 2 is 2.09 bits per heavy atom. The molecule has 0 saturated heterocycles. The van der Waals surface area contributed by atoms with E-state index in [-0.39, 0.29) is 18.2 Å². The van der Waals surface area contributed by atoms with Crippen LogP contribution in [0.15, 0.2) is 18.2 Å². The summed E-state index contributed by atoms with van der Waals surface area (Å²) in [5.41, 5.74) is 6.57. The van der Waals surface area contributed by atoms with E-state index in [9.17, 15) is 18.0 Å². The second-order valence-electron chi connectivity index (χ2n) is 5.67. The molecule has 3 N–H and O–H groups in total. The van der Waals surface area contributed by atoms with Crippen LogP contribution in [0.4, 0.5) is 18.9 Å². The van der Waals surface area contributed by atoms with Gasteiger partial charge in [0.1, 0.15) is 0 Å². The molecular formula is C16H23F3N2O2. The molecule has 0 radical (unpaired) electrons. The number of carbonyl (C=O) groups is 1. The van der Waals surface area contributed by atoms with E-state index in [1.807, 2.05) is 6.92 Å². The summed E-state index contributed by atoms with van der Waals surface area (Å²) in [6.45, 7) is 6.08. The Morgan fingerprint density at radius 1 is 1.43 bits per heavy atom. The van der Waals surface area contributed by atoms with E-state index in [0.717, 1.165) is 24.2 Å². The molecule has 23 heavy (non-hydrogen) atoms. The number of fused-ring (bicyclic) bond motifs is 1. The monoisotopic (exact) mass is 332 g/mol. The second-order valence-corrected chi connectivity index (χ2v) is 5.67. The summed E-state index contributed by atoms with van der Waals surface area (Å²) in [6, 6.07) is 3.64. The number of nitrogens with two attached hydrogens (primary N) is 1. The molecule has 1 aromatic carbocycles. The van der Waals surface area contributed by atoms with Crippen LogP contribution in [0.25, 0.3) is 0 Å². The fraction of sp³-hybridized carbons (Fsp3) is 0.562. The van der Waals surface area contributed by atoms with E-state index in [4.69, 9.17) is 5.73 Å². The minimum absolute atomic E-state index is 0.0301. The molecular weight excluding hydrogens is 309 g/mol.